The van der Waals surface area contributed by atoms with Crippen molar-refractivity contribution in [3.8, 4) is 23.0 Å². The minimum absolute atomic E-state index is 0.323. The Labute approximate surface area is 153 Å². The molecule has 0 bridgehead atoms. The second-order valence-electron chi connectivity index (χ2n) is 7.23. The fourth-order valence-electron chi connectivity index (χ4n) is 4.80. The molecule has 0 aliphatic carbocycles. The van der Waals surface area contributed by atoms with Crippen LogP contribution in [-0.2, 0) is 13.0 Å². The summed E-state index contributed by atoms with van der Waals surface area (Å²) >= 11 is 0. The van der Waals surface area contributed by atoms with Crippen molar-refractivity contribution in [2.24, 2.45) is 0 Å². The van der Waals surface area contributed by atoms with Crippen LogP contribution < -0.4 is 18.9 Å². The van der Waals surface area contributed by atoms with Gasteiger partial charge in [0.2, 0.25) is 6.79 Å². The first kappa shape index (κ1) is 15.8. The molecule has 0 unspecified atom stereocenters. The van der Waals surface area contributed by atoms with Crippen LogP contribution in [-0.4, -0.2) is 32.5 Å². The van der Waals surface area contributed by atoms with Crippen molar-refractivity contribution >= 4 is 0 Å². The summed E-state index contributed by atoms with van der Waals surface area (Å²) in [6.07, 6.45) is 1.01. The summed E-state index contributed by atoms with van der Waals surface area (Å²) in [6, 6.07) is 8.91. The number of rotatable bonds is 2. The van der Waals surface area contributed by atoms with Gasteiger partial charge in [0.25, 0.3) is 0 Å². The van der Waals surface area contributed by atoms with E-state index in [9.17, 15) is 0 Å². The molecule has 2 aromatic carbocycles. The molecule has 0 saturated heterocycles. The van der Waals surface area contributed by atoms with Gasteiger partial charge in [0, 0.05) is 30.6 Å². The van der Waals surface area contributed by atoms with Crippen LogP contribution in [0.15, 0.2) is 24.3 Å². The van der Waals surface area contributed by atoms with E-state index in [2.05, 4.69) is 30.0 Å². The fraction of sp³-hybridized carbons (Fsp3) is 0.429. The lowest BCUT2D eigenvalue weighted by Crippen LogP contribution is -2.41. The van der Waals surface area contributed by atoms with E-state index in [0.717, 1.165) is 42.5 Å². The highest BCUT2D eigenvalue weighted by Gasteiger charge is 2.40. The summed E-state index contributed by atoms with van der Waals surface area (Å²) in [4.78, 5) is 2.56. The molecule has 3 aliphatic rings. The zero-order valence-electron chi connectivity index (χ0n) is 15.4. The lowest BCUT2D eigenvalue weighted by atomic mass is 9.77. The molecule has 2 aromatic rings. The minimum Gasteiger partial charge on any atom is -0.493 e. The molecule has 5 nitrogen and oxygen atoms in total. The third-order valence-electron chi connectivity index (χ3n) is 6.03. The van der Waals surface area contributed by atoms with Crippen LogP contribution in [0.1, 0.15) is 41.1 Å². The van der Waals surface area contributed by atoms with Gasteiger partial charge in [0.15, 0.2) is 23.0 Å². The van der Waals surface area contributed by atoms with E-state index in [1.54, 1.807) is 14.2 Å². The second kappa shape index (κ2) is 5.81. The summed E-state index contributed by atoms with van der Waals surface area (Å²) in [5.74, 6) is 3.79. The van der Waals surface area contributed by atoms with E-state index in [-0.39, 0.29) is 0 Å². The van der Waals surface area contributed by atoms with Crippen molar-refractivity contribution in [2.75, 3.05) is 27.6 Å². The average molecular weight is 353 g/mol. The van der Waals surface area contributed by atoms with E-state index in [1.165, 1.54) is 22.3 Å². The first-order valence-electron chi connectivity index (χ1n) is 9.11. The molecular weight excluding hydrogens is 330 g/mol. The summed E-state index contributed by atoms with van der Waals surface area (Å²) in [5.41, 5.74) is 5.36. The Morgan fingerprint density at radius 1 is 1.04 bits per heavy atom. The van der Waals surface area contributed by atoms with E-state index in [4.69, 9.17) is 18.9 Å². The van der Waals surface area contributed by atoms with Gasteiger partial charge >= 0.3 is 0 Å². The average Bonchev–Trinajstić information content (AvgIpc) is 3.15. The second-order valence-corrected chi connectivity index (χ2v) is 7.23. The van der Waals surface area contributed by atoms with Crippen LogP contribution >= 0.6 is 0 Å². The highest BCUT2D eigenvalue weighted by molar-refractivity contribution is 5.56. The molecule has 0 spiro atoms. The van der Waals surface area contributed by atoms with Gasteiger partial charge in [0.05, 0.1) is 14.2 Å². The van der Waals surface area contributed by atoms with Gasteiger partial charge in [-0.3, -0.25) is 4.90 Å². The van der Waals surface area contributed by atoms with Crippen LogP contribution in [0, 0.1) is 0 Å². The van der Waals surface area contributed by atoms with E-state index >= 15 is 0 Å². The Kier molecular flexibility index (Phi) is 3.54. The number of hydrogen-bond acceptors (Lipinski definition) is 5. The summed E-state index contributed by atoms with van der Waals surface area (Å²) in [5, 5.41) is 0. The van der Waals surface area contributed by atoms with Crippen LogP contribution in [0.2, 0.25) is 0 Å². The lowest BCUT2D eigenvalue weighted by molar-refractivity contribution is 0.133. The molecule has 0 aromatic heterocycles. The molecule has 2 atom stereocenters. The minimum atomic E-state index is 0.323. The molecule has 3 aliphatic heterocycles. The molecule has 136 valence electrons. The molecule has 0 radical (unpaired) electrons. The SMILES string of the molecule is COc1cc2c(cc1OC)[C@@H]1[C@H](C)c3ccc4c(c3CN1CC2)OCO4. The normalized spacial score (nSPS) is 23.0. The van der Waals surface area contributed by atoms with Crippen molar-refractivity contribution in [3.63, 3.8) is 0 Å². The molecule has 0 amide bonds. The number of hydrogen-bond donors (Lipinski definition) is 0. The Morgan fingerprint density at radius 3 is 2.65 bits per heavy atom. The Morgan fingerprint density at radius 2 is 1.85 bits per heavy atom. The summed E-state index contributed by atoms with van der Waals surface area (Å²) < 4.78 is 22.4. The maximum Gasteiger partial charge on any atom is 0.231 e. The van der Waals surface area contributed by atoms with Gasteiger partial charge in [-0.25, -0.2) is 0 Å². The van der Waals surface area contributed by atoms with Gasteiger partial charge in [-0.15, -0.1) is 0 Å². The van der Waals surface area contributed by atoms with Crippen molar-refractivity contribution in [1.82, 2.24) is 4.90 Å². The first-order valence-corrected chi connectivity index (χ1v) is 9.11. The highest BCUT2D eigenvalue weighted by Crippen LogP contribution is 2.51. The van der Waals surface area contributed by atoms with Crippen LogP contribution in [0.25, 0.3) is 0 Å². The van der Waals surface area contributed by atoms with Crippen LogP contribution in [0.4, 0.5) is 0 Å². The Bertz CT molecular complexity index is 879. The predicted molar refractivity (Wildman–Crippen MR) is 97.4 cm³/mol. The molecule has 0 N–H and O–H groups in total. The van der Waals surface area contributed by atoms with E-state index < -0.39 is 0 Å². The zero-order valence-corrected chi connectivity index (χ0v) is 15.4. The van der Waals surface area contributed by atoms with Crippen molar-refractivity contribution in [2.45, 2.75) is 31.8 Å². The van der Waals surface area contributed by atoms with Crippen molar-refractivity contribution in [1.29, 1.82) is 0 Å². The maximum absolute atomic E-state index is 5.78. The molecule has 5 heteroatoms. The molecule has 3 heterocycles. The highest BCUT2D eigenvalue weighted by atomic mass is 16.7. The van der Waals surface area contributed by atoms with Gasteiger partial charge in [-0.1, -0.05) is 13.0 Å². The fourth-order valence-corrected chi connectivity index (χ4v) is 4.80. The molecule has 26 heavy (non-hydrogen) atoms. The smallest absolute Gasteiger partial charge is 0.231 e. The number of nitrogens with zero attached hydrogens (tertiary/aromatic N) is 1. The monoisotopic (exact) mass is 353 g/mol. The molecular formula is C21H23NO4. The molecule has 5 rings (SSSR count). The lowest BCUT2D eigenvalue weighted by Gasteiger charge is -2.45. The topological polar surface area (TPSA) is 40.2 Å². The largest absolute Gasteiger partial charge is 0.493 e. The molecule has 0 fully saturated rings. The quantitative estimate of drug-likeness (QED) is 0.824. The number of ether oxygens (including phenoxy) is 4. The third kappa shape index (κ3) is 2.13. The van der Waals surface area contributed by atoms with Crippen LogP contribution in [0.3, 0.4) is 0 Å². The van der Waals surface area contributed by atoms with Crippen molar-refractivity contribution in [3.05, 3.63) is 46.5 Å². The van der Waals surface area contributed by atoms with Crippen molar-refractivity contribution < 1.29 is 18.9 Å². The summed E-state index contributed by atoms with van der Waals surface area (Å²) in [7, 11) is 3.40. The standard InChI is InChI=1S/C21H23NO4/c1-12-14-4-5-17-21(26-11-25-17)16(14)10-22-7-6-13-8-18(23-2)19(24-3)9-15(13)20(12)22/h4-5,8-9,12,20H,6-7,10-11H2,1-3H3/t12-,20+/m1/s1. The van der Waals surface area contributed by atoms with Gasteiger partial charge in [-0.2, -0.15) is 0 Å². The Balaban J connectivity index is 1.62. The third-order valence-corrected chi connectivity index (χ3v) is 6.03. The van der Waals surface area contributed by atoms with Gasteiger partial charge in [0.1, 0.15) is 0 Å². The maximum atomic E-state index is 5.78. The summed E-state index contributed by atoms with van der Waals surface area (Å²) in [6.45, 7) is 4.55. The van der Waals surface area contributed by atoms with E-state index in [1.807, 2.05) is 6.07 Å². The van der Waals surface area contributed by atoms with Gasteiger partial charge < -0.3 is 18.9 Å². The van der Waals surface area contributed by atoms with E-state index in [0.29, 0.717) is 18.8 Å². The van der Waals surface area contributed by atoms with Crippen LogP contribution in [0.5, 0.6) is 23.0 Å². The first-order chi connectivity index (χ1) is 12.7. The zero-order chi connectivity index (χ0) is 17.8. The Hall–Kier alpha value is -2.40. The predicted octanol–water partition coefficient (Wildman–Crippen LogP) is 3.65. The molecule has 0 saturated carbocycles. The number of fused-ring (bicyclic) bond motifs is 6. The number of benzene rings is 2. The van der Waals surface area contributed by atoms with Gasteiger partial charge in [-0.05, 0) is 41.3 Å². The number of methoxy groups -OCH3 is 2.